The maximum Gasteiger partial charge on any atom is 0.298 e. The lowest BCUT2D eigenvalue weighted by atomic mass is 10.3. The molecule has 0 radical (unpaired) electrons. The minimum Gasteiger partial charge on any atom is -0.299 e. The van der Waals surface area contributed by atoms with Crippen LogP contribution in [0, 0.1) is 0 Å². The second-order valence-electron chi connectivity index (χ2n) is 3.93. The molecule has 1 saturated heterocycles. The van der Waals surface area contributed by atoms with Crippen molar-refractivity contribution in [2.24, 2.45) is 0 Å². The molecule has 0 spiro atoms. The normalized spacial score (nSPS) is 24.8. The van der Waals surface area contributed by atoms with Gasteiger partial charge in [0.15, 0.2) is 12.5 Å². The summed E-state index contributed by atoms with van der Waals surface area (Å²) in [4.78, 5) is 11.8. The van der Waals surface area contributed by atoms with Crippen LogP contribution in [0.5, 0.6) is 0 Å². The number of nitrogens with one attached hydrogen (secondary N) is 1. The number of aldehydes is 1. The first-order chi connectivity index (χ1) is 8.54. The van der Waals surface area contributed by atoms with Crippen molar-refractivity contribution in [3.05, 3.63) is 29.3 Å². The minimum absolute atomic E-state index is 0.483. The number of nitrogens with zero attached hydrogens (tertiary/aromatic N) is 2. The second kappa shape index (κ2) is 5.17. The molecule has 1 aromatic carbocycles. The Bertz CT molecular complexity index is 429. The average Bonchev–Trinajstić information content (AvgIpc) is 2.67. The van der Waals surface area contributed by atoms with Crippen LogP contribution in [0.4, 0.5) is 14.5 Å². The quantitative estimate of drug-likeness (QED) is 0.677. The van der Waals surface area contributed by atoms with Gasteiger partial charge in [-0.2, -0.15) is 8.78 Å². The van der Waals surface area contributed by atoms with Gasteiger partial charge in [0.1, 0.15) is 0 Å². The third-order valence-electron chi connectivity index (χ3n) is 2.80. The molecule has 1 heterocycles. The summed E-state index contributed by atoms with van der Waals surface area (Å²) in [5.74, 6) is 0. The van der Waals surface area contributed by atoms with Crippen molar-refractivity contribution in [2.45, 2.75) is 25.8 Å². The third kappa shape index (κ3) is 2.31. The van der Waals surface area contributed by atoms with Crippen molar-refractivity contribution in [2.75, 3.05) is 5.01 Å². The summed E-state index contributed by atoms with van der Waals surface area (Å²) >= 11 is 5.76. The number of hydrazine groups is 1. The van der Waals surface area contributed by atoms with E-state index in [2.05, 4.69) is 5.43 Å². The number of halogens is 3. The van der Waals surface area contributed by atoms with Gasteiger partial charge in [-0.1, -0.05) is 11.6 Å². The summed E-state index contributed by atoms with van der Waals surface area (Å²) in [6.07, 6.45) is -1.19. The van der Waals surface area contributed by atoms with E-state index in [0.717, 1.165) is 4.90 Å². The fourth-order valence-corrected chi connectivity index (χ4v) is 2.08. The second-order valence-corrected chi connectivity index (χ2v) is 4.36. The summed E-state index contributed by atoms with van der Waals surface area (Å²) in [6, 6.07) is 6.59. The predicted molar refractivity (Wildman–Crippen MR) is 64.2 cm³/mol. The fraction of sp³-hybridized carbons (Fsp3) is 0.364. The Balaban J connectivity index is 2.28. The van der Waals surface area contributed by atoms with E-state index in [-0.39, 0.29) is 0 Å². The molecule has 1 aliphatic heterocycles. The highest BCUT2D eigenvalue weighted by Crippen LogP contribution is 2.26. The number of anilines is 1. The van der Waals surface area contributed by atoms with Crippen molar-refractivity contribution in [3.8, 4) is 0 Å². The average molecular weight is 276 g/mol. The summed E-state index contributed by atoms with van der Waals surface area (Å²) < 4.78 is 25.7. The van der Waals surface area contributed by atoms with Gasteiger partial charge in [0.25, 0.3) is 6.55 Å². The topological polar surface area (TPSA) is 35.6 Å². The van der Waals surface area contributed by atoms with Crippen LogP contribution >= 0.6 is 11.6 Å². The Morgan fingerprint density at radius 2 is 2.00 bits per heavy atom. The molecule has 4 nitrogen and oxygen atoms in total. The van der Waals surface area contributed by atoms with E-state index < -0.39 is 18.9 Å². The highest BCUT2D eigenvalue weighted by Gasteiger charge is 2.41. The molecule has 0 bridgehead atoms. The van der Waals surface area contributed by atoms with Gasteiger partial charge < -0.3 is 0 Å². The number of hydrogen-bond donors (Lipinski definition) is 1. The monoisotopic (exact) mass is 275 g/mol. The molecule has 2 unspecified atom stereocenters. The van der Waals surface area contributed by atoms with E-state index in [9.17, 15) is 13.6 Å². The lowest BCUT2D eigenvalue weighted by Gasteiger charge is -2.25. The SMILES string of the molecule is CC1NN(c2ccc(Cl)cc2)C(C=O)N1C(F)F. The molecule has 0 aliphatic carbocycles. The molecule has 1 fully saturated rings. The van der Waals surface area contributed by atoms with Crippen LogP contribution in [0.2, 0.25) is 5.02 Å². The standard InChI is InChI=1S/C11H12ClF2N3O/c1-7-15-17(9-4-2-8(12)3-5-9)10(6-18)16(7)11(13)14/h2-7,10-11,15H,1H3. The van der Waals surface area contributed by atoms with Crippen LogP contribution in [0.1, 0.15) is 6.92 Å². The molecule has 0 saturated carbocycles. The van der Waals surface area contributed by atoms with Gasteiger partial charge in [0.2, 0.25) is 0 Å². The van der Waals surface area contributed by atoms with Crippen LogP contribution in [-0.4, -0.2) is 30.1 Å². The van der Waals surface area contributed by atoms with E-state index in [1.165, 1.54) is 5.01 Å². The van der Waals surface area contributed by atoms with Crippen molar-refractivity contribution in [3.63, 3.8) is 0 Å². The zero-order chi connectivity index (χ0) is 13.3. The largest absolute Gasteiger partial charge is 0.299 e. The van der Waals surface area contributed by atoms with Gasteiger partial charge >= 0.3 is 0 Å². The minimum atomic E-state index is -2.71. The van der Waals surface area contributed by atoms with Crippen molar-refractivity contribution in [1.82, 2.24) is 10.3 Å². The molecule has 0 amide bonds. The maximum absolute atomic E-state index is 12.9. The summed E-state index contributed by atoms with van der Waals surface area (Å²) in [7, 11) is 0. The summed E-state index contributed by atoms with van der Waals surface area (Å²) in [5.41, 5.74) is 3.43. The smallest absolute Gasteiger partial charge is 0.298 e. The van der Waals surface area contributed by atoms with Crippen molar-refractivity contribution < 1.29 is 13.6 Å². The van der Waals surface area contributed by atoms with Crippen molar-refractivity contribution in [1.29, 1.82) is 0 Å². The van der Waals surface area contributed by atoms with Crippen LogP contribution in [-0.2, 0) is 4.79 Å². The lowest BCUT2D eigenvalue weighted by Crippen LogP contribution is -2.44. The molecule has 2 rings (SSSR count). The number of rotatable bonds is 3. The Kier molecular flexibility index (Phi) is 3.79. The number of alkyl halides is 2. The first-order valence-electron chi connectivity index (χ1n) is 5.36. The van der Waals surface area contributed by atoms with Crippen LogP contribution in [0.15, 0.2) is 24.3 Å². The number of carbonyl (C=O) groups is 1. The third-order valence-corrected chi connectivity index (χ3v) is 3.05. The van der Waals surface area contributed by atoms with Gasteiger partial charge in [-0.25, -0.2) is 10.3 Å². The van der Waals surface area contributed by atoms with E-state index in [4.69, 9.17) is 11.6 Å². The summed E-state index contributed by atoms with van der Waals surface area (Å²) in [6.45, 7) is -1.14. The van der Waals surface area contributed by atoms with Gasteiger partial charge in [-0.05, 0) is 31.2 Å². The molecule has 7 heteroatoms. The number of benzene rings is 1. The highest BCUT2D eigenvalue weighted by molar-refractivity contribution is 6.30. The maximum atomic E-state index is 12.9. The molecule has 0 aromatic heterocycles. The van der Waals surface area contributed by atoms with E-state index >= 15 is 0 Å². The Morgan fingerprint density at radius 1 is 1.39 bits per heavy atom. The summed E-state index contributed by atoms with van der Waals surface area (Å²) in [5, 5.41) is 1.94. The molecule has 1 aromatic rings. The van der Waals surface area contributed by atoms with Gasteiger partial charge in [0, 0.05) is 5.02 Å². The van der Waals surface area contributed by atoms with Crippen LogP contribution in [0.25, 0.3) is 0 Å². The molecule has 98 valence electrons. The van der Waals surface area contributed by atoms with Gasteiger partial charge in [0.05, 0.1) is 11.9 Å². The Morgan fingerprint density at radius 3 is 2.50 bits per heavy atom. The van der Waals surface area contributed by atoms with E-state index in [1.807, 2.05) is 0 Å². The number of carbonyl (C=O) groups excluding carboxylic acids is 1. The molecular formula is C11H12ClF2N3O. The molecule has 1 aliphatic rings. The van der Waals surface area contributed by atoms with Gasteiger partial charge in [-0.3, -0.25) is 9.80 Å². The molecular weight excluding hydrogens is 264 g/mol. The lowest BCUT2D eigenvalue weighted by molar-refractivity contribution is -0.119. The Labute approximate surface area is 108 Å². The van der Waals surface area contributed by atoms with Crippen LogP contribution in [0.3, 0.4) is 0 Å². The fourth-order valence-electron chi connectivity index (χ4n) is 1.95. The zero-order valence-corrected chi connectivity index (χ0v) is 10.3. The predicted octanol–water partition coefficient (Wildman–Crippen LogP) is 2.06. The van der Waals surface area contributed by atoms with E-state index in [0.29, 0.717) is 17.0 Å². The Hall–Kier alpha value is -1.24. The zero-order valence-electron chi connectivity index (χ0n) is 9.56. The molecule has 18 heavy (non-hydrogen) atoms. The highest BCUT2D eigenvalue weighted by atomic mass is 35.5. The number of hydrogen-bond acceptors (Lipinski definition) is 4. The van der Waals surface area contributed by atoms with E-state index in [1.54, 1.807) is 31.2 Å². The molecule has 1 N–H and O–H groups in total. The first-order valence-corrected chi connectivity index (χ1v) is 5.74. The first kappa shape index (κ1) is 13.2. The molecule has 2 atom stereocenters. The van der Waals surface area contributed by atoms with Crippen LogP contribution < -0.4 is 10.4 Å². The van der Waals surface area contributed by atoms with Gasteiger partial charge in [-0.15, -0.1) is 0 Å². The van der Waals surface area contributed by atoms with Crippen molar-refractivity contribution >= 4 is 23.6 Å².